The highest BCUT2D eigenvalue weighted by Crippen LogP contribution is 2.42. The summed E-state index contributed by atoms with van der Waals surface area (Å²) in [6.07, 6.45) is -1.90. The predicted octanol–water partition coefficient (Wildman–Crippen LogP) is 4.26. The van der Waals surface area contributed by atoms with E-state index in [4.69, 9.17) is 4.74 Å². The van der Waals surface area contributed by atoms with Crippen molar-refractivity contribution in [2.75, 3.05) is 13.2 Å². The number of ether oxygens (including phenoxy) is 2. The SMILES string of the molecule is CCOC(=O)C(F)(F)CC1(c2ccc(F)cc2)CN(Cc2ccccc2)C(=O)O1. The van der Waals surface area contributed by atoms with Crippen molar-refractivity contribution in [2.24, 2.45) is 0 Å². The van der Waals surface area contributed by atoms with Crippen LogP contribution in [0, 0.1) is 5.82 Å². The lowest BCUT2D eigenvalue weighted by Gasteiger charge is -2.30. The minimum absolute atomic E-state index is 0.146. The van der Waals surface area contributed by atoms with Crippen molar-refractivity contribution >= 4 is 12.1 Å². The third-order valence-corrected chi connectivity index (χ3v) is 4.66. The van der Waals surface area contributed by atoms with E-state index in [-0.39, 0.29) is 25.3 Å². The third-order valence-electron chi connectivity index (χ3n) is 4.66. The fourth-order valence-corrected chi connectivity index (χ4v) is 3.33. The number of carbonyl (C=O) groups excluding carboxylic acids is 2. The Balaban J connectivity index is 1.93. The second-order valence-electron chi connectivity index (χ2n) is 6.81. The lowest BCUT2D eigenvalue weighted by Crippen LogP contribution is -2.42. The summed E-state index contributed by atoms with van der Waals surface area (Å²) in [5.74, 6) is -6.15. The smallest absolute Gasteiger partial charge is 0.411 e. The number of rotatable bonds is 7. The van der Waals surface area contributed by atoms with Crippen molar-refractivity contribution in [3.05, 3.63) is 71.5 Å². The number of benzene rings is 2. The van der Waals surface area contributed by atoms with Gasteiger partial charge in [-0.3, -0.25) is 4.90 Å². The normalized spacial score (nSPS) is 19.2. The molecule has 1 atom stereocenters. The van der Waals surface area contributed by atoms with Crippen molar-refractivity contribution in [3.63, 3.8) is 0 Å². The molecule has 0 spiro atoms. The van der Waals surface area contributed by atoms with Crippen molar-refractivity contribution in [2.45, 2.75) is 31.4 Å². The number of alkyl halides is 2. The van der Waals surface area contributed by atoms with Crippen LogP contribution in [0.5, 0.6) is 0 Å². The molecular formula is C21H20F3NO4. The van der Waals surface area contributed by atoms with E-state index in [1.807, 2.05) is 6.07 Å². The molecule has 1 aliphatic rings. The van der Waals surface area contributed by atoms with Crippen LogP contribution in [0.25, 0.3) is 0 Å². The fourth-order valence-electron chi connectivity index (χ4n) is 3.33. The number of amides is 1. The van der Waals surface area contributed by atoms with E-state index < -0.39 is 35.8 Å². The summed E-state index contributed by atoms with van der Waals surface area (Å²) in [7, 11) is 0. The van der Waals surface area contributed by atoms with Crippen LogP contribution in [0.3, 0.4) is 0 Å². The number of esters is 1. The lowest BCUT2D eigenvalue weighted by atomic mass is 9.87. The Morgan fingerprint density at radius 2 is 1.83 bits per heavy atom. The van der Waals surface area contributed by atoms with Gasteiger partial charge in [-0.2, -0.15) is 8.78 Å². The summed E-state index contributed by atoms with van der Waals surface area (Å²) < 4.78 is 52.4. The van der Waals surface area contributed by atoms with Gasteiger partial charge in [-0.05, 0) is 30.2 Å². The maximum atomic E-state index is 14.6. The molecular weight excluding hydrogens is 387 g/mol. The van der Waals surface area contributed by atoms with E-state index >= 15 is 0 Å². The molecule has 0 N–H and O–H groups in total. The van der Waals surface area contributed by atoms with E-state index in [2.05, 4.69) is 4.74 Å². The molecule has 0 radical (unpaired) electrons. The van der Waals surface area contributed by atoms with Gasteiger partial charge in [-0.15, -0.1) is 0 Å². The molecule has 0 aliphatic carbocycles. The second-order valence-corrected chi connectivity index (χ2v) is 6.81. The number of halogens is 3. The lowest BCUT2D eigenvalue weighted by molar-refractivity contribution is -0.179. The van der Waals surface area contributed by atoms with Crippen LogP contribution in [-0.4, -0.2) is 36.0 Å². The average Bonchev–Trinajstić information content (AvgIpc) is 2.98. The molecule has 3 rings (SSSR count). The first-order valence-electron chi connectivity index (χ1n) is 9.09. The van der Waals surface area contributed by atoms with Crippen molar-refractivity contribution < 1.29 is 32.2 Å². The molecule has 0 saturated carbocycles. The molecule has 1 aliphatic heterocycles. The molecule has 1 fully saturated rings. The van der Waals surface area contributed by atoms with Gasteiger partial charge in [-0.25, -0.2) is 14.0 Å². The Labute approximate surface area is 166 Å². The maximum Gasteiger partial charge on any atom is 0.411 e. The van der Waals surface area contributed by atoms with Crippen LogP contribution in [0.1, 0.15) is 24.5 Å². The van der Waals surface area contributed by atoms with E-state index in [1.54, 1.807) is 24.3 Å². The van der Waals surface area contributed by atoms with Gasteiger partial charge in [-0.1, -0.05) is 42.5 Å². The van der Waals surface area contributed by atoms with E-state index in [0.717, 1.165) is 17.7 Å². The Bertz CT molecular complexity index is 873. The minimum Gasteiger partial charge on any atom is -0.462 e. The van der Waals surface area contributed by atoms with E-state index in [1.165, 1.54) is 24.0 Å². The number of hydrogen-bond donors (Lipinski definition) is 0. The number of cyclic esters (lactones) is 1. The molecule has 2 aromatic rings. The summed E-state index contributed by atoms with van der Waals surface area (Å²) >= 11 is 0. The molecule has 0 bridgehead atoms. The third kappa shape index (κ3) is 4.52. The van der Waals surface area contributed by atoms with Gasteiger partial charge in [0.15, 0.2) is 5.60 Å². The van der Waals surface area contributed by atoms with Gasteiger partial charge in [0, 0.05) is 6.54 Å². The quantitative estimate of drug-likeness (QED) is 0.644. The molecule has 154 valence electrons. The first-order chi connectivity index (χ1) is 13.8. The Hall–Kier alpha value is -3.03. The Morgan fingerprint density at radius 1 is 1.17 bits per heavy atom. The number of nitrogens with zero attached hydrogens (tertiary/aromatic N) is 1. The van der Waals surface area contributed by atoms with Crippen molar-refractivity contribution in [1.29, 1.82) is 0 Å². The molecule has 1 unspecified atom stereocenters. The molecule has 29 heavy (non-hydrogen) atoms. The standard InChI is InChI=1S/C21H20F3NO4/c1-2-28-18(26)21(23,24)13-20(16-8-10-17(22)11-9-16)14-25(19(27)29-20)12-15-6-4-3-5-7-15/h3-11H,2,12-14H2,1H3. The van der Waals surface area contributed by atoms with Gasteiger partial charge in [0.25, 0.3) is 0 Å². The second kappa shape index (κ2) is 8.14. The highest BCUT2D eigenvalue weighted by Gasteiger charge is 2.56. The van der Waals surface area contributed by atoms with Crippen LogP contribution in [0.15, 0.2) is 54.6 Å². The Kier molecular flexibility index (Phi) is 5.81. The molecule has 8 heteroatoms. The highest BCUT2D eigenvalue weighted by atomic mass is 19.3. The average molecular weight is 407 g/mol. The molecule has 1 amide bonds. The first-order valence-corrected chi connectivity index (χ1v) is 9.09. The van der Waals surface area contributed by atoms with E-state index in [0.29, 0.717) is 0 Å². The Morgan fingerprint density at radius 3 is 2.45 bits per heavy atom. The fraction of sp³-hybridized carbons (Fsp3) is 0.333. The predicted molar refractivity (Wildman–Crippen MR) is 97.6 cm³/mol. The zero-order chi connectivity index (χ0) is 21.1. The molecule has 5 nitrogen and oxygen atoms in total. The van der Waals surface area contributed by atoms with Crippen LogP contribution in [0.2, 0.25) is 0 Å². The summed E-state index contributed by atoms with van der Waals surface area (Å²) in [5, 5.41) is 0. The number of carbonyl (C=O) groups is 2. The van der Waals surface area contributed by atoms with Gasteiger partial charge in [0.2, 0.25) is 0 Å². The summed E-state index contributed by atoms with van der Waals surface area (Å²) in [5.41, 5.74) is -0.862. The summed E-state index contributed by atoms with van der Waals surface area (Å²) in [6.45, 7) is 1.13. The van der Waals surface area contributed by atoms with Gasteiger partial charge < -0.3 is 9.47 Å². The van der Waals surface area contributed by atoms with Crippen LogP contribution in [0.4, 0.5) is 18.0 Å². The molecule has 1 saturated heterocycles. The first kappa shape index (κ1) is 20.7. The van der Waals surface area contributed by atoms with E-state index in [9.17, 15) is 22.8 Å². The summed E-state index contributed by atoms with van der Waals surface area (Å²) in [6, 6.07) is 13.7. The van der Waals surface area contributed by atoms with Gasteiger partial charge >= 0.3 is 18.0 Å². The molecule has 2 aromatic carbocycles. The van der Waals surface area contributed by atoms with Gasteiger partial charge in [0.1, 0.15) is 5.82 Å². The van der Waals surface area contributed by atoms with Crippen molar-refractivity contribution in [1.82, 2.24) is 4.90 Å². The molecule has 1 heterocycles. The monoisotopic (exact) mass is 407 g/mol. The number of hydrogen-bond acceptors (Lipinski definition) is 4. The van der Waals surface area contributed by atoms with Crippen LogP contribution < -0.4 is 0 Å². The largest absolute Gasteiger partial charge is 0.462 e. The van der Waals surface area contributed by atoms with Crippen LogP contribution in [-0.2, 0) is 26.4 Å². The van der Waals surface area contributed by atoms with Crippen LogP contribution >= 0.6 is 0 Å². The highest BCUT2D eigenvalue weighted by molar-refractivity contribution is 5.78. The maximum absolute atomic E-state index is 14.6. The van der Waals surface area contributed by atoms with Crippen molar-refractivity contribution in [3.8, 4) is 0 Å². The zero-order valence-electron chi connectivity index (χ0n) is 15.7. The topological polar surface area (TPSA) is 55.8 Å². The minimum atomic E-state index is -3.90. The molecule has 0 aromatic heterocycles. The van der Waals surface area contributed by atoms with Gasteiger partial charge in [0.05, 0.1) is 19.6 Å². The summed E-state index contributed by atoms with van der Waals surface area (Å²) in [4.78, 5) is 25.5. The zero-order valence-corrected chi connectivity index (χ0v) is 15.7.